The minimum absolute atomic E-state index is 0.339. The van der Waals surface area contributed by atoms with E-state index in [1.54, 1.807) is 0 Å². The van der Waals surface area contributed by atoms with Gasteiger partial charge in [0.05, 0.1) is 0 Å². The first kappa shape index (κ1) is 12.7. The molecule has 3 nitrogen and oxygen atoms in total. The molecule has 0 radical (unpaired) electrons. The molecular weight excluding hydrogens is 262 g/mol. The zero-order valence-electron chi connectivity index (χ0n) is 12.0. The molecule has 1 aliphatic carbocycles. The third-order valence-corrected chi connectivity index (χ3v) is 4.38. The van der Waals surface area contributed by atoms with E-state index in [-0.39, 0.29) is 0 Å². The number of fused-ring (bicyclic) bond motifs is 2. The Morgan fingerprint density at radius 2 is 1.86 bits per heavy atom. The minimum Gasteiger partial charge on any atom is -0.454 e. The molecule has 4 rings (SSSR count). The number of benzene rings is 2. The van der Waals surface area contributed by atoms with Crippen LogP contribution in [0.3, 0.4) is 0 Å². The summed E-state index contributed by atoms with van der Waals surface area (Å²) in [5.41, 5.74) is 4.25. The highest BCUT2D eigenvalue weighted by Gasteiger charge is 2.18. The van der Waals surface area contributed by atoms with Crippen LogP contribution in [0.5, 0.6) is 11.5 Å². The van der Waals surface area contributed by atoms with Gasteiger partial charge in [0.1, 0.15) is 0 Å². The van der Waals surface area contributed by atoms with Crippen LogP contribution in [0.15, 0.2) is 42.5 Å². The average Bonchev–Trinajstić information content (AvgIpc) is 3.00. The molecule has 0 unspecified atom stereocenters. The lowest BCUT2D eigenvalue weighted by atomic mass is 9.88. The smallest absolute Gasteiger partial charge is 0.231 e. The standard InChI is InChI=1S/C18H19NO2/c1-2-4-15-10-16(7-6-14(15)3-1)19-11-13-5-8-17-18(9-13)21-12-20-17/h1-5,8-9,16,19H,6-7,10-12H2/t16-/m0/s1. The fourth-order valence-corrected chi connectivity index (χ4v) is 3.19. The van der Waals surface area contributed by atoms with Gasteiger partial charge in [0.15, 0.2) is 11.5 Å². The van der Waals surface area contributed by atoms with E-state index < -0.39 is 0 Å². The first-order valence-electron chi connectivity index (χ1n) is 7.57. The van der Waals surface area contributed by atoms with Gasteiger partial charge in [0.25, 0.3) is 0 Å². The molecule has 0 saturated heterocycles. The van der Waals surface area contributed by atoms with E-state index >= 15 is 0 Å². The Morgan fingerprint density at radius 3 is 2.81 bits per heavy atom. The monoisotopic (exact) mass is 281 g/mol. The van der Waals surface area contributed by atoms with Gasteiger partial charge in [-0.05, 0) is 48.1 Å². The van der Waals surface area contributed by atoms with Gasteiger partial charge >= 0.3 is 0 Å². The maximum absolute atomic E-state index is 5.43. The Labute approximate surface area is 124 Å². The van der Waals surface area contributed by atoms with Crippen LogP contribution in [0.1, 0.15) is 23.1 Å². The van der Waals surface area contributed by atoms with E-state index in [4.69, 9.17) is 9.47 Å². The third-order valence-electron chi connectivity index (χ3n) is 4.38. The number of hydrogen-bond acceptors (Lipinski definition) is 3. The highest BCUT2D eigenvalue weighted by molar-refractivity contribution is 5.44. The van der Waals surface area contributed by atoms with Gasteiger partial charge in [0, 0.05) is 12.6 Å². The van der Waals surface area contributed by atoms with Crippen molar-refractivity contribution in [1.82, 2.24) is 5.32 Å². The molecule has 0 fully saturated rings. The van der Waals surface area contributed by atoms with E-state index in [2.05, 4.69) is 41.7 Å². The second-order valence-corrected chi connectivity index (χ2v) is 5.78. The first-order valence-corrected chi connectivity index (χ1v) is 7.57. The molecule has 2 aromatic rings. The van der Waals surface area contributed by atoms with Crippen molar-refractivity contribution in [3.8, 4) is 11.5 Å². The van der Waals surface area contributed by atoms with Crippen LogP contribution in [0.2, 0.25) is 0 Å². The van der Waals surface area contributed by atoms with Crippen molar-refractivity contribution in [3.63, 3.8) is 0 Å². The molecule has 1 N–H and O–H groups in total. The van der Waals surface area contributed by atoms with E-state index in [9.17, 15) is 0 Å². The highest BCUT2D eigenvalue weighted by atomic mass is 16.7. The van der Waals surface area contributed by atoms with Crippen LogP contribution in [-0.4, -0.2) is 12.8 Å². The molecule has 1 aliphatic heterocycles. The van der Waals surface area contributed by atoms with Gasteiger partial charge < -0.3 is 14.8 Å². The number of nitrogens with one attached hydrogen (secondary N) is 1. The van der Waals surface area contributed by atoms with Gasteiger partial charge in [0.2, 0.25) is 6.79 Å². The van der Waals surface area contributed by atoms with Crippen molar-refractivity contribution < 1.29 is 9.47 Å². The van der Waals surface area contributed by atoms with Crippen molar-refractivity contribution in [3.05, 3.63) is 59.2 Å². The second-order valence-electron chi connectivity index (χ2n) is 5.78. The lowest BCUT2D eigenvalue weighted by Gasteiger charge is -2.25. The lowest BCUT2D eigenvalue weighted by molar-refractivity contribution is 0.174. The molecule has 0 aromatic heterocycles. The van der Waals surface area contributed by atoms with Gasteiger partial charge in [-0.2, -0.15) is 0 Å². The predicted molar refractivity (Wildman–Crippen MR) is 81.7 cm³/mol. The van der Waals surface area contributed by atoms with Crippen molar-refractivity contribution in [2.24, 2.45) is 0 Å². The van der Waals surface area contributed by atoms with Crippen LogP contribution >= 0.6 is 0 Å². The summed E-state index contributed by atoms with van der Waals surface area (Å²) in [5.74, 6) is 1.72. The summed E-state index contributed by atoms with van der Waals surface area (Å²) >= 11 is 0. The molecular formula is C18H19NO2. The first-order chi connectivity index (χ1) is 10.4. The molecule has 3 heteroatoms. The SMILES string of the molecule is c1ccc2c(c1)CC[C@H](NCc1ccc3c(c1)OCO3)C2. The summed E-state index contributed by atoms with van der Waals surface area (Å²) in [6.45, 7) is 1.22. The molecule has 108 valence electrons. The van der Waals surface area contributed by atoms with Gasteiger partial charge in [-0.25, -0.2) is 0 Å². The van der Waals surface area contributed by atoms with Gasteiger partial charge in [-0.3, -0.25) is 0 Å². The Hall–Kier alpha value is -2.00. The maximum atomic E-state index is 5.43. The molecule has 0 bridgehead atoms. The Balaban J connectivity index is 1.39. The fourth-order valence-electron chi connectivity index (χ4n) is 3.19. The Bertz CT molecular complexity index is 653. The highest BCUT2D eigenvalue weighted by Crippen LogP contribution is 2.32. The molecule has 0 spiro atoms. The lowest BCUT2D eigenvalue weighted by Crippen LogP contribution is -2.34. The summed E-state index contributed by atoms with van der Waals surface area (Å²) < 4.78 is 10.8. The molecule has 0 amide bonds. The zero-order chi connectivity index (χ0) is 14.1. The number of aryl methyl sites for hydroxylation is 1. The van der Waals surface area contributed by atoms with E-state index in [1.165, 1.54) is 29.5 Å². The molecule has 2 aromatic carbocycles. The van der Waals surface area contributed by atoms with Crippen molar-refractivity contribution in [1.29, 1.82) is 0 Å². The van der Waals surface area contributed by atoms with Crippen LogP contribution < -0.4 is 14.8 Å². The zero-order valence-corrected chi connectivity index (χ0v) is 12.0. The molecule has 1 heterocycles. The summed E-state index contributed by atoms with van der Waals surface area (Å²) in [7, 11) is 0. The number of rotatable bonds is 3. The predicted octanol–water partition coefficient (Wildman–Crippen LogP) is 3.06. The van der Waals surface area contributed by atoms with Crippen LogP contribution in [-0.2, 0) is 19.4 Å². The number of ether oxygens (including phenoxy) is 2. The van der Waals surface area contributed by atoms with Crippen LogP contribution in [0.25, 0.3) is 0 Å². The quantitative estimate of drug-likeness (QED) is 0.938. The minimum atomic E-state index is 0.339. The molecule has 1 atom stereocenters. The molecule has 2 aliphatic rings. The van der Waals surface area contributed by atoms with Crippen LogP contribution in [0, 0.1) is 0 Å². The normalized spacial score (nSPS) is 19.3. The van der Waals surface area contributed by atoms with Gasteiger partial charge in [-0.15, -0.1) is 0 Å². The summed E-state index contributed by atoms with van der Waals surface area (Å²) in [5, 5.41) is 3.67. The maximum Gasteiger partial charge on any atom is 0.231 e. The Kier molecular flexibility index (Phi) is 3.28. The Morgan fingerprint density at radius 1 is 1.00 bits per heavy atom. The fraction of sp³-hybridized carbons (Fsp3) is 0.333. The largest absolute Gasteiger partial charge is 0.454 e. The number of hydrogen-bond donors (Lipinski definition) is 1. The molecule has 21 heavy (non-hydrogen) atoms. The van der Waals surface area contributed by atoms with Crippen LogP contribution in [0.4, 0.5) is 0 Å². The van der Waals surface area contributed by atoms with E-state index in [1.807, 2.05) is 6.07 Å². The van der Waals surface area contributed by atoms with E-state index in [0.29, 0.717) is 12.8 Å². The second kappa shape index (κ2) is 5.41. The van der Waals surface area contributed by atoms with Gasteiger partial charge in [-0.1, -0.05) is 30.3 Å². The third kappa shape index (κ3) is 2.61. The van der Waals surface area contributed by atoms with E-state index in [0.717, 1.165) is 24.5 Å². The topological polar surface area (TPSA) is 30.5 Å². The van der Waals surface area contributed by atoms with Crippen molar-refractivity contribution >= 4 is 0 Å². The summed E-state index contributed by atoms with van der Waals surface area (Å²) in [4.78, 5) is 0. The summed E-state index contributed by atoms with van der Waals surface area (Å²) in [6.07, 6.45) is 3.51. The average molecular weight is 281 g/mol. The van der Waals surface area contributed by atoms with Crippen molar-refractivity contribution in [2.45, 2.75) is 31.8 Å². The van der Waals surface area contributed by atoms with Crippen molar-refractivity contribution in [2.75, 3.05) is 6.79 Å². The summed E-state index contributed by atoms with van der Waals surface area (Å²) in [6, 6.07) is 15.5. The molecule has 0 saturated carbocycles.